The molecule has 0 atom stereocenters. The number of nitrogens with zero attached hydrogens (tertiary/aromatic N) is 1. The summed E-state index contributed by atoms with van der Waals surface area (Å²) in [6.07, 6.45) is 0.577. The third-order valence-corrected chi connectivity index (χ3v) is 3.89. The van der Waals surface area contributed by atoms with Gasteiger partial charge >= 0.3 is 5.97 Å². The van der Waals surface area contributed by atoms with Gasteiger partial charge in [0, 0.05) is 0 Å². The third kappa shape index (κ3) is 2.16. The van der Waals surface area contributed by atoms with Crippen molar-refractivity contribution in [3.05, 3.63) is 29.8 Å². The molecule has 1 aliphatic rings. The second kappa shape index (κ2) is 5.55. The minimum atomic E-state index is -1.27. The molecule has 2 rings (SSSR count). The molecule has 1 saturated heterocycles. The molecule has 0 aromatic heterocycles. The molecule has 0 N–H and O–H groups in total. The van der Waals surface area contributed by atoms with Crippen molar-refractivity contribution in [1.29, 1.82) is 0 Å². The SMILES string of the molecule is CCC1(CC)C(=O)ON(C(=O)c2ccccc2OC)C1=O. The Morgan fingerprint density at radius 1 is 1.24 bits per heavy atom. The fourth-order valence-electron chi connectivity index (χ4n) is 2.40. The Hall–Kier alpha value is -2.37. The van der Waals surface area contributed by atoms with Gasteiger partial charge in [0.25, 0.3) is 11.8 Å². The summed E-state index contributed by atoms with van der Waals surface area (Å²) >= 11 is 0. The van der Waals surface area contributed by atoms with Crippen LogP contribution in [0.5, 0.6) is 5.75 Å². The van der Waals surface area contributed by atoms with Crippen LogP contribution in [0.3, 0.4) is 0 Å². The Morgan fingerprint density at radius 3 is 2.38 bits per heavy atom. The molecule has 21 heavy (non-hydrogen) atoms. The van der Waals surface area contributed by atoms with Crippen LogP contribution in [-0.2, 0) is 14.4 Å². The molecule has 0 bridgehead atoms. The largest absolute Gasteiger partial charge is 0.496 e. The maximum Gasteiger partial charge on any atom is 0.348 e. The zero-order chi connectivity index (χ0) is 15.6. The van der Waals surface area contributed by atoms with Crippen LogP contribution in [0.2, 0.25) is 0 Å². The second-order valence-corrected chi connectivity index (χ2v) is 4.77. The molecule has 1 aliphatic heterocycles. The van der Waals surface area contributed by atoms with Crippen molar-refractivity contribution in [2.24, 2.45) is 5.41 Å². The molecule has 112 valence electrons. The summed E-state index contributed by atoms with van der Waals surface area (Å²) in [7, 11) is 1.42. The van der Waals surface area contributed by atoms with Gasteiger partial charge < -0.3 is 9.57 Å². The number of hydrogen-bond donors (Lipinski definition) is 0. The van der Waals surface area contributed by atoms with Crippen LogP contribution in [-0.4, -0.2) is 30.0 Å². The predicted octanol–water partition coefficient (Wildman–Crippen LogP) is 1.94. The first-order chi connectivity index (χ1) is 10.0. The summed E-state index contributed by atoms with van der Waals surface area (Å²) < 4.78 is 5.09. The van der Waals surface area contributed by atoms with Crippen LogP contribution >= 0.6 is 0 Å². The lowest BCUT2D eigenvalue weighted by Crippen LogP contribution is -2.38. The summed E-state index contributed by atoms with van der Waals surface area (Å²) in [6, 6.07) is 6.46. The van der Waals surface area contributed by atoms with Crippen LogP contribution in [0.15, 0.2) is 24.3 Å². The minimum Gasteiger partial charge on any atom is -0.496 e. The number of ether oxygens (including phenoxy) is 1. The molecule has 1 aromatic carbocycles. The molecule has 1 fully saturated rings. The molecule has 0 saturated carbocycles. The normalized spacial score (nSPS) is 16.8. The molecule has 0 spiro atoms. The fourth-order valence-corrected chi connectivity index (χ4v) is 2.40. The maximum atomic E-state index is 12.5. The van der Waals surface area contributed by atoms with Crippen LogP contribution < -0.4 is 4.74 Å². The summed E-state index contributed by atoms with van der Waals surface area (Å²) in [6.45, 7) is 3.44. The van der Waals surface area contributed by atoms with Crippen LogP contribution in [0.1, 0.15) is 37.0 Å². The third-order valence-electron chi connectivity index (χ3n) is 3.89. The zero-order valence-electron chi connectivity index (χ0n) is 12.2. The number of para-hydroxylation sites is 1. The van der Waals surface area contributed by atoms with Crippen molar-refractivity contribution in [3.63, 3.8) is 0 Å². The predicted molar refractivity (Wildman–Crippen MR) is 73.3 cm³/mol. The minimum absolute atomic E-state index is 0.171. The Balaban J connectivity index is 2.38. The van der Waals surface area contributed by atoms with Gasteiger partial charge in [0.1, 0.15) is 5.75 Å². The van der Waals surface area contributed by atoms with Crippen molar-refractivity contribution in [2.75, 3.05) is 7.11 Å². The first kappa shape index (κ1) is 15.0. The van der Waals surface area contributed by atoms with Gasteiger partial charge in [-0.3, -0.25) is 9.59 Å². The number of amides is 2. The van der Waals surface area contributed by atoms with Gasteiger partial charge in [-0.25, -0.2) is 4.79 Å². The summed E-state index contributed by atoms with van der Waals surface area (Å²) in [5.74, 6) is -1.68. The van der Waals surface area contributed by atoms with E-state index in [2.05, 4.69) is 0 Å². The number of hydrogen-bond acceptors (Lipinski definition) is 5. The summed E-state index contributed by atoms with van der Waals surface area (Å²) in [5.41, 5.74) is -1.10. The Kier molecular flexibility index (Phi) is 3.97. The lowest BCUT2D eigenvalue weighted by molar-refractivity contribution is -0.168. The fraction of sp³-hybridized carbons (Fsp3) is 0.400. The van der Waals surface area contributed by atoms with Crippen molar-refractivity contribution in [1.82, 2.24) is 5.06 Å². The topological polar surface area (TPSA) is 72.9 Å². The van der Waals surface area contributed by atoms with E-state index in [1.165, 1.54) is 13.2 Å². The van der Waals surface area contributed by atoms with E-state index in [0.717, 1.165) is 0 Å². The molecule has 6 nitrogen and oxygen atoms in total. The van der Waals surface area contributed by atoms with E-state index in [4.69, 9.17) is 9.57 Å². The summed E-state index contributed by atoms with van der Waals surface area (Å²) in [4.78, 5) is 41.8. The van der Waals surface area contributed by atoms with E-state index < -0.39 is 23.2 Å². The average Bonchev–Trinajstić information content (AvgIpc) is 2.78. The smallest absolute Gasteiger partial charge is 0.348 e. The highest BCUT2D eigenvalue weighted by atomic mass is 16.7. The van der Waals surface area contributed by atoms with E-state index in [9.17, 15) is 14.4 Å². The highest BCUT2D eigenvalue weighted by Gasteiger charge is 2.56. The molecular formula is C15H17NO5. The monoisotopic (exact) mass is 291 g/mol. The Bertz CT molecular complexity index is 591. The van der Waals surface area contributed by atoms with Crippen molar-refractivity contribution in [3.8, 4) is 5.75 Å². The van der Waals surface area contributed by atoms with Gasteiger partial charge in [0.05, 0.1) is 12.7 Å². The quantitative estimate of drug-likeness (QED) is 0.626. The molecule has 1 aromatic rings. The van der Waals surface area contributed by atoms with Crippen LogP contribution in [0, 0.1) is 5.41 Å². The number of methoxy groups -OCH3 is 1. The molecule has 0 unspecified atom stereocenters. The Morgan fingerprint density at radius 2 is 1.86 bits per heavy atom. The van der Waals surface area contributed by atoms with E-state index in [0.29, 0.717) is 10.8 Å². The van der Waals surface area contributed by atoms with Gasteiger partial charge in [-0.15, -0.1) is 0 Å². The van der Waals surface area contributed by atoms with Crippen molar-refractivity contribution in [2.45, 2.75) is 26.7 Å². The molecule has 6 heteroatoms. The van der Waals surface area contributed by atoms with E-state index in [-0.39, 0.29) is 18.4 Å². The van der Waals surface area contributed by atoms with Gasteiger partial charge in [-0.05, 0) is 25.0 Å². The summed E-state index contributed by atoms with van der Waals surface area (Å²) in [5, 5.41) is 0.549. The Labute approximate surface area is 122 Å². The van der Waals surface area contributed by atoms with E-state index in [1.54, 1.807) is 32.0 Å². The van der Waals surface area contributed by atoms with Crippen molar-refractivity contribution >= 4 is 17.8 Å². The van der Waals surface area contributed by atoms with Crippen LogP contribution in [0.4, 0.5) is 0 Å². The average molecular weight is 291 g/mol. The van der Waals surface area contributed by atoms with Crippen molar-refractivity contribution < 1.29 is 24.0 Å². The van der Waals surface area contributed by atoms with Gasteiger partial charge in [-0.2, -0.15) is 0 Å². The number of hydroxylamine groups is 2. The van der Waals surface area contributed by atoms with E-state index >= 15 is 0 Å². The molecule has 0 aliphatic carbocycles. The van der Waals surface area contributed by atoms with E-state index in [1.807, 2.05) is 0 Å². The maximum absolute atomic E-state index is 12.5. The standard InChI is InChI=1S/C15H17NO5/c1-4-15(5-2)13(18)16(21-14(15)19)12(17)10-8-6-7-9-11(10)20-3/h6-9H,4-5H2,1-3H3. The number of carbonyl (C=O) groups is 3. The van der Waals surface area contributed by atoms with Gasteiger partial charge in [-0.1, -0.05) is 31.0 Å². The number of rotatable bonds is 4. The van der Waals surface area contributed by atoms with Crippen LogP contribution in [0.25, 0.3) is 0 Å². The number of carbonyl (C=O) groups excluding carboxylic acids is 3. The molecule has 1 heterocycles. The number of benzene rings is 1. The highest BCUT2D eigenvalue weighted by molar-refractivity contribution is 6.16. The first-order valence-electron chi connectivity index (χ1n) is 6.76. The molecular weight excluding hydrogens is 274 g/mol. The molecule has 0 radical (unpaired) electrons. The second-order valence-electron chi connectivity index (χ2n) is 4.77. The highest BCUT2D eigenvalue weighted by Crippen LogP contribution is 2.37. The zero-order valence-corrected chi connectivity index (χ0v) is 12.2. The first-order valence-corrected chi connectivity index (χ1v) is 6.76. The number of imide groups is 1. The van der Waals surface area contributed by atoms with Gasteiger partial charge in [0.15, 0.2) is 5.41 Å². The lowest BCUT2D eigenvalue weighted by atomic mass is 9.82. The lowest BCUT2D eigenvalue weighted by Gasteiger charge is -2.18. The molecule has 2 amide bonds. The van der Waals surface area contributed by atoms with Gasteiger partial charge in [0.2, 0.25) is 0 Å².